The smallest absolute Gasteiger partial charge is 0.239 e. The summed E-state index contributed by atoms with van der Waals surface area (Å²) in [4.78, 5) is 13.6. The quantitative estimate of drug-likeness (QED) is 0.698. The summed E-state index contributed by atoms with van der Waals surface area (Å²) < 4.78 is 0. The largest absolute Gasteiger partial charge is 0.342 e. The first-order valence-corrected chi connectivity index (χ1v) is 5.87. The molecule has 15 heavy (non-hydrogen) atoms. The average Bonchev–Trinajstić information content (AvgIpc) is 2.51. The standard InChI is InChI=1S/C12H20N2O/c1-3-11-5-4-7-14(8-6-11)12(15)10(2)9-13/h10-11H,3-8H2,1-2H3. The number of carbonyl (C=O) groups excluding carboxylic acids is 1. The van der Waals surface area contributed by atoms with Crippen LogP contribution in [0.1, 0.15) is 39.5 Å². The normalized spacial score (nSPS) is 24.1. The van der Waals surface area contributed by atoms with Crippen LogP contribution in [-0.4, -0.2) is 23.9 Å². The molecule has 1 fully saturated rings. The molecule has 2 unspecified atom stereocenters. The highest BCUT2D eigenvalue weighted by molar-refractivity contribution is 5.80. The second-order valence-corrected chi connectivity index (χ2v) is 4.38. The summed E-state index contributed by atoms with van der Waals surface area (Å²) in [6, 6.07) is 2.02. The van der Waals surface area contributed by atoms with E-state index in [2.05, 4.69) is 6.92 Å². The lowest BCUT2D eigenvalue weighted by Gasteiger charge is -2.21. The van der Waals surface area contributed by atoms with Crippen molar-refractivity contribution in [3.05, 3.63) is 0 Å². The summed E-state index contributed by atoms with van der Waals surface area (Å²) in [6.45, 7) is 5.56. The second-order valence-electron chi connectivity index (χ2n) is 4.38. The Balaban J connectivity index is 2.51. The van der Waals surface area contributed by atoms with Crippen molar-refractivity contribution in [3.8, 4) is 6.07 Å². The van der Waals surface area contributed by atoms with Gasteiger partial charge in [-0.25, -0.2) is 0 Å². The van der Waals surface area contributed by atoms with Crippen LogP contribution in [0.15, 0.2) is 0 Å². The average molecular weight is 208 g/mol. The van der Waals surface area contributed by atoms with Crippen molar-refractivity contribution in [1.82, 2.24) is 4.90 Å². The molecule has 0 saturated carbocycles. The highest BCUT2D eigenvalue weighted by atomic mass is 16.2. The first kappa shape index (κ1) is 12.0. The Morgan fingerprint density at radius 3 is 2.87 bits per heavy atom. The molecule has 2 atom stereocenters. The third-order valence-electron chi connectivity index (χ3n) is 3.30. The topological polar surface area (TPSA) is 44.1 Å². The zero-order chi connectivity index (χ0) is 11.3. The zero-order valence-corrected chi connectivity index (χ0v) is 9.70. The molecule has 3 nitrogen and oxygen atoms in total. The molecule has 0 spiro atoms. The van der Waals surface area contributed by atoms with Crippen LogP contribution in [0.4, 0.5) is 0 Å². The summed E-state index contributed by atoms with van der Waals surface area (Å²) in [6.07, 6.45) is 4.61. The van der Waals surface area contributed by atoms with Gasteiger partial charge in [0.1, 0.15) is 5.92 Å². The van der Waals surface area contributed by atoms with Gasteiger partial charge in [0.15, 0.2) is 0 Å². The molecule has 3 heteroatoms. The molecule has 0 radical (unpaired) electrons. The number of hydrogen-bond acceptors (Lipinski definition) is 2. The molecule has 0 aromatic rings. The van der Waals surface area contributed by atoms with Gasteiger partial charge in [0, 0.05) is 13.1 Å². The van der Waals surface area contributed by atoms with E-state index in [1.165, 1.54) is 12.8 Å². The summed E-state index contributed by atoms with van der Waals surface area (Å²) in [7, 11) is 0. The molecule has 0 aromatic carbocycles. The second kappa shape index (κ2) is 5.75. The third-order valence-corrected chi connectivity index (χ3v) is 3.30. The van der Waals surface area contributed by atoms with Crippen LogP contribution < -0.4 is 0 Å². The van der Waals surface area contributed by atoms with Crippen molar-refractivity contribution < 1.29 is 4.79 Å². The van der Waals surface area contributed by atoms with Gasteiger partial charge in [-0.3, -0.25) is 4.79 Å². The summed E-state index contributed by atoms with van der Waals surface area (Å²) in [5.74, 6) is 0.289. The van der Waals surface area contributed by atoms with E-state index in [1.54, 1.807) is 6.92 Å². The molecule has 0 N–H and O–H groups in total. The van der Waals surface area contributed by atoms with Gasteiger partial charge in [-0.2, -0.15) is 5.26 Å². The van der Waals surface area contributed by atoms with Crippen LogP contribution in [0.3, 0.4) is 0 Å². The van der Waals surface area contributed by atoms with Crippen molar-refractivity contribution in [2.45, 2.75) is 39.5 Å². The van der Waals surface area contributed by atoms with Gasteiger partial charge >= 0.3 is 0 Å². The maximum atomic E-state index is 11.8. The Bertz CT molecular complexity index is 257. The molecular formula is C12H20N2O. The first-order chi connectivity index (χ1) is 7.19. The van der Waals surface area contributed by atoms with Crippen LogP contribution in [0.2, 0.25) is 0 Å². The molecule has 84 valence electrons. The predicted octanol–water partition coefficient (Wildman–Crippen LogP) is 2.18. The lowest BCUT2D eigenvalue weighted by atomic mass is 9.98. The van der Waals surface area contributed by atoms with Gasteiger partial charge in [-0.05, 0) is 32.1 Å². The van der Waals surface area contributed by atoms with Gasteiger partial charge in [-0.1, -0.05) is 13.3 Å². The van der Waals surface area contributed by atoms with Gasteiger partial charge in [0.2, 0.25) is 5.91 Å². The number of likely N-dealkylation sites (tertiary alicyclic amines) is 1. The van der Waals surface area contributed by atoms with E-state index < -0.39 is 5.92 Å². The van der Waals surface area contributed by atoms with Crippen LogP contribution in [0, 0.1) is 23.2 Å². The van der Waals surface area contributed by atoms with Crippen LogP contribution >= 0.6 is 0 Å². The van der Waals surface area contributed by atoms with Crippen molar-refractivity contribution in [1.29, 1.82) is 5.26 Å². The Kier molecular flexibility index (Phi) is 4.61. The van der Waals surface area contributed by atoms with Crippen LogP contribution in [-0.2, 0) is 4.79 Å². The number of nitrogens with zero attached hydrogens (tertiary/aromatic N) is 2. The summed E-state index contributed by atoms with van der Waals surface area (Å²) in [5.41, 5.74) is 0. The monoisotopic (exact) mass is 208 g/mol. The molecule has 0 aromatic heterocycles. The highest BCUT2D eigenvalue weighted by Gasteiger charge is 2.23. The van der Waals surface area contributed by atoms with Crippen LogP contribution in [0.25, 0.3) is 0 Å². The lowest BCUT2D eigenvalue weighted by Crippen LogP contribution is -2.35. The SMILES string of the molecule is CCC1CCCN(C(=O)C(C)C#N)CC1. The minimum absolute atomic E-state index is 0.00857. The van der Waals surface area contributed by atoms with Gasteiger partial charge in [0.05, 0.1) is 6.07 Å². The van der Waals surface area contributed by atoms with Crippen molar-refractivity contribution in [2.75, 3.05) is 13.1 Å². The molecule has 1 amide bonds. The van der Waals surface area contributed by atoms with E-state index in [-0.39, 0.29) is 5.91 Å². The maximum absolute atomic E-state index is 11.8. The Morgan fingerprint density at radius 2 is 2.27 bits per heavy atom. The number of carbonyl (C=O) groups is 1. The van der Waals surface area contributed by atoms with Crippen molar-refractivity contribution in [2.24, 2.45) is 11.8 Å². The molecule has 0 bridgehead atoms. The zero-order valence-electron chi connectivity index (χ0n) is 9.70. The molecule has 1 heterocycles. The van der Waals surface area contributed by atoms with E-state index in [0.717, 1.165) is 31.8 Å². The number of amides is 1. The number of rotatable bonds is 2. The Hall–Kier alpha value is -1.04. The van der Waals surface area contributed by atoms with E-state index in [1.807, 2.05) is 11.0 Å². The summed E-state index contributed by atoms with van der Waals surface area (Å²) >= 11 is 0. The fourth-order valence-electron chi connectivity index (χ4n) is 2.12. The first-order valence-electron chi connectivity index (χ1n) is 5.87. The van der Waals surface area contributed by atoms with Gasteiger partial charge < -0.3 is 4.90 Å². The number of hydrogen-bond donors (Lipinski definition) is 0. The van der Waals surface area contributed by atoms with Crippen LogP contribution in [0.5, 0.6) is 0 Å². The van der Waals surface area contributed by atoms with E-state index in [4.69, 9.17) is 5.26 Å². The van der Waals surface area contributed by atoms with Gasteiger partial charge in [0.25, 0.3) is 0 Å². The predicted molar refractivity (Wildman–Crippen MR) is 59.0 cm³/mol. The lowest BCUT2D eigenvalue weighted by molar-refractivity contribution is -0.133. The van der Waals surface area contributed by atoms with Crippen molar-refractivity contribution in [3.63, 3.8) is 0 Å². The maximum Gasteiger partial charge on any atom is 0.239 e. The number of nitriles is 1. The minimum atomic E-state index is -0.483. The molecule has 1 aliphatic rings. The fourth-order valence-corrected chi connectivity index (χ4v) is 2.12. The Labute approximate surface area is 92.1 Å². The molecule has 1 aliphatic heterocycles. The molecule has 1 saturated heterocycles. The Morgan fingerprint density at radius 1 is 1.53 bits per heavy atom. The van der Waals surface area contributed by atoms with Crippen molar-refractivity contribution >= 4 is 5.91 Å². The van der Waals surface area contributed by atoms with Gasteiger partial charge in [-0.15, -0.1) is 0 Å². The van der Waals surface area contributed by atoms with E-state index in [9.17, 15) is 4.79 Å². The van der Waals surface area contributed by atoms with E-state index in [0.29, 0.717) is 0 Å². The molecular weight excluding hydrogens is 188 g/mol. The minimum Gasteiger partial charge on any atom is -0.342 e. The summed E-state index contributed by atoms with van der Waals surface area (Å²) in [5, 5.41) is 8.71. The molecule has 0 aliphatic carbocycles. The third kappa shape index (κ3) is 3.23. The fraction of sp³-hybridized carbons (Fsp3) is 0.833. The highest BCUT2D eigenvalue weighted by Crippen LogP contribution is 2.21. The van der Waals surface area contributed by atoms with E-state index >= 15 is 0 Å². The molecule has 1 rings (SSSR count).